The molecule has 2 heteroatoms. The average Bonchev–Trinajstić information content (AvgIpc) is 2.21. The molecule has 0 aliphatic carbocycles. The molecule has 0 aromatic heterocycles. The van der Waals surface area contributed by atoms with Crippen LogP contribution in [-0.4, -0.2) is 18.0 Å². The number of rotatable bonds is 3. The number of hydrogen-bond acceptors (Lipinski definition) is 2. The van der Waals surface area contributed by atoms with Gasteiger partial charge in [-0.3, -0.25) is 0 Å². The van der Waals surface area contributed by atoms with Crippen LogP contribution in [0.1, 0.15) is 17.5 Å². The SMILES string of the molecule is O=CCC#Cc1ccccc1CCO. The van der Waals surface area contributed by atoms with Crippen LogP contribution in [-0.2, 0) is 11.2 Å². The number of benzene rings is 1. The van der Waals surface area contributed by atoms with E-state index in [1.54, 1.807) is 0 Å². The van der Waals surface area contributed by atoms with Crippen molar-refractivity contribution < 1.29 is 9.90 Å². The van der Waals surface area contributed by atoms with Crippen molar-refractivity contribution in [3.63, 3.8) is 0 Å². The molecule has 1 aromatic carbocycles. The summed E-state index contributed by atoms with van der Waals surface area (Å²) < 4.78 is 0. The molecule has 0 amide bonds. The summed E-state index contributed by atoms with van der Waals surface area (Å²) in [4.78, 5) is 10.1. The summed E-state index contributed by atoms with van der Waals surface area (Å²) in [6, 6.07) is 7.63. The van der Waals surface area contributed by atoms with Crippen molar-refractivity contribution in [1.82, 2.24) is 0 Å². The molecule has 0 aliphatic rings. The lowest BCUT2D eigenvalue weighted by molar-refractivity contribution is -0.107. The van der Waals surface area contributed by atoms with E-state index in [1.807, 2.05) is 24.3 Å². The summed E-state index contributed by atoms with van der Waals surface area (Å²) in [6.45, 7) is 0.117. The highest BCUT2D eigenvalue weighted by molar-refractivity contribution is 5.55. The molecule has 0 bridgehead atoms. The second-order valence-electron chi connectivity index (χ2n) is 2.80. The Morgan fingerprint density at radius 3 is 2.86 bits per heavy atom. The van der Waals surface area contributed by atoms with Gasteiger partial charge in [0.05, 0.1) is 6.42 Å². The van der Waals surface area contributed by atoms with Crippen LogP contribution in [0.5, 0.6) is 0 Å². The fourth-order valence-electron chi connectivity index (χ4n) is 1.17. The lowest BCUT2D eigenvalue weighted by Gasteiger charge is -2.00. The molecule has 0 radical (unpaired) electrons. The Balaban J connectivity index is 2.85. The number of aliphatic hydroxyl groups is 1. The van der Waals surface area contributed by atoms with E-state index in [1.165, 1.54) is 0 Å². The van der Waals surface area contributed by atoms with Gasteiger partial charge in [-0.2, -0.15) is 0 Å². The predicted molar refractivity (Wildman–Crippen MR) is 54.8 cm³/mol. The van der Waals surface area contributed by atoms with Crippen LogP contribution >= 0.6 is 0 Å². The maximum atomic E-state index is 10.1. The molecule has 0 saturated carbocycles. The van der Waals surface area contributed by atoms with E-state index in [0.29, 0.717) is 6.42 Å². The lowest BCUT2D eigenvalue weighted by atomic mass is 10.1. The Hall–Kier alpha value is -1.59. The van der Waals surface area contributed by atoms with E-state index in [9.17, 15) is 4.79 Å². The minimum absolute atomic E-state index is 0.117. The summed E-state index contributed by atoms with van der Waals surface area (Å²) in [5.74, 6) is 5.66. The smallest absolute Gasteiger partial charge is 0.131 e. The van der Waals surface area contributed by atoms with Gasteiger partial charge in [-0.25, -0.2) is 0 Å². The Morgan fingerprint density at radius 1 is 1.36 bits per heavy atom. The molecule has 0 saturated heterocycles. The minimum Gasteiger partial charge on any atom is -0.396 e. The first-order valence-electron chi connectivity index (χ1n) is 4.49. The van der Waals surface area contributed by atoms with Gasteiger partial charge in [0.25, 0.3) is 0 Å². The van der Waals surface area contributed by atoms with Crippen molar-refractivity contribution >= 4 is 6.29 Å². The van der Waals surface area contributed by atoms with Crippen molar-refractivity contribution in [2.75, 3.05) is 6.61 Å². The zero-order valence-electron chi connectivity index (χ0n) is 7.86. The third-order valence-electron chi connectivity index (χ3n) is 1.81. The van der Waals surface area contributed by atoms with Crippen LogP contribution in [0.25, 0.3) is 0 Å². The van der Waals surface area contributed by atoms with E-state index in [2.05, 4.69) is 11.8 Å². The van der Waals surface area contributed by atoms with Crippen molar-refractivity contribution in [1.29, 1.82) is 0 Å². The van der Waals surface area contributed by atoms with Crippen molar-refractivity contribution in [2.24, 2.45) is 0 Å². The Bertz CT molecular complexity index is 358. The highest BCUT2D eigenvalue weighted by Gasteiger charge is 1.96. The van der Waals surface area contributed by atoms with Crippen LogP contribution in [0.15, 0.2) is 24.3 Å². The highest BCUT2D eigenvalue weighted by atomic mass is 16.2. The van der Waals surface area contributed by atoms with Gasteiger partial charge in [-0.05, 0) is 18.1 Å². The first-order chi connectivity index (χ1) is 6.88. The molecule has 1 aromatic rings. The highest BCUT2D eigenvalue weighted by Crippen LogP contribution is 2.07. The molecular weight excluding hydrogens is 176 g/mol. The van der Waals surface area contributed by atoms with E-state index in [0.717, 1.165) is 17.4 Å². The first kappa shape index (κ1) is 10.5. The summed E-state index contributed by atoms with van der Waals surface area (Å²) in [6.07, 6.45) is 1.64. The summed E-state index contributed by atoms with van der Waals surface area (Å²) in [5.41, 5.74) is 1.91. The maximum absolute atomic E-state index is 10.1. The predicted octanol–water partition coefficient (Wildman–Crippen LogP) is 1.16. The number of carbonyl (C=O) groups is 1. The Labute approximate surface area is 83.6 Å². The quantitative estimate of drug-likeness (QED) is 0.571. The van der Waals surface area contributed by atoms with E-state index >= 15 is 0 Å². The zero-order chi connectivity index (χ0) is 10.2. The molecule has 2 nitrogen and oxygen atoms in total. The van der Waals surface area contributed by atoms with E-state index in [-0.39, 0.29) is 13.0 Å². The monoisotopic (exact) mass is 188 g/mol. The summed E-state index contributed by atoms with van der Waals surface area (Å²) in [5, 5.41) is 8.81. The topological polar surface area (TPSA) is 37.3 Å². The van der Waals surface area contributed by atoms with Crippen LogP contribution in [0, 0.1) is 11.8 Å². The zero-order valence-corrected chi connectivity index (χ0v) is 7.86. The molecule has 72 valence electrons. The second-order valence-corrected chi connectivity index (χ2v) is 2.80. The number of hydrogen-bond donors (Lipinski definition) is 1. The van der Waals surface area contributed by atoms with Crippen LogP contribution in [0.4, 0.5) is 0 Å². The number of aldehydes is 1. The second kappa shape index (κ2) is 5.95. The molecule has 0 spiro atoms. The van der Waals surface area contributed by atoms with Gasteiger partial charge in [0, 0.05) is 12.2 Å². The summed E-state index contributed by atoms with van der Waals surface area (Å²) >= 11 is 0. The Morgan fingerprint density at radius 2 is 2.14 bits per heavy atom. The molecule has 1 rings (SSSR count). The van der Waals surface area contributed by atoms with Crippen molar-refractivity contribution in [2.45, 2.75) is 12.8 Å². The van der Waals surface area contributed by atoms with Crippen molar-refractivity contribution in [3.8, 4) is 11.8 Å². The third kappa shape index (κ3) is 3.04. The molecule has 0 fully saturated rings. The van der Waals surface area contributed by atoms with Gasteiger partial charge < -0.3 is 9.90 Å². The van der Waals surface area contributed by atoms with Gasteiger partial charge in [0.2, 0.25) is 0 Å². The molecule has 0 heterocycles. The largest absolute Gasteiger partial charge is 0.396 e. The van der Waals surface area contributed by atoms with Gasteiger partial charge >= 0.3 is 0 Å². The maximum Gasteiger partial charge on any atom is 0.131 e. The summed E-state index contributed by atoms with van der Waals surface area (Å²) in [7, 11) is 0. The Kier molecular flexibility index (Phi) is 4.46. The first-order valence-corrected chi connectivity index (χ1v) is 4.49. The minimum atomic E-state index is 0.117. The fourth-order valence-corrected chi connectivity index (χ4v) is 1.17. The van der Waals surface area contributed by atoms with Gasteiger partial charge in [0.1, 0.15) is 6.29 Å². The molecule has 0 atom stereocenters. The number of carbonyl (C=O) groups excluding carboxylic acids is 1. The standard InChI is InChI=1S/C12H12O2/c13-9-4-3-7-11-5-1-2-6-12(11)8-10-14/h1-2,5-6,9,14H,4,8,10H2. The van der Waals surface area contributed by atoms with Crippen LogP contribution in [0.3, 0.4) is 0 Å². The normalized spacial score (nSPS) is 8.93. The molecular formula is C12H12O2. The molecule has 1 N–H and O–H groups in total. The third-order valence-corrected chi connectivity index (χ3v) is 1.81. The van der Waals surface area contributed by atoms with Gasteiger partial charge in [-0.1, -0.05) is 30.0 Å². The van der Waals surface area contributed by atoms with E-state index < -0.39 is 0 Å². The lowest BCUT2D eigenvalue weighted by Crippen LogP contribution is -1.93. The number of aliphatic hydroxyl groups excluding tert-OH is 1. The van der Waals surface area contributed by atoms with Crippen LogP contribution < -0.4 is 0 Å². The van der Waals surface area contributed by atoms with Crippen molar-refractivity contribution in [3.05, 3.63) is 35.4 Å². The molecule has 0 unspecified atom stereocenters. The fraction of sp³-hybridized carbons (Fsp3) is 0.250. The van der Waals surface area contributed by atoms with E-state index in [4.69, 9.17) is 5.11 Å². The molecule has 14 heavy (non-hydrogen) atoms. The van der Waals surface area contributed by atoms with Gasteiger partial charge in [-0.15, -0.1) is 0 Å². The van der Waals surface area contributed by atoms with Crippen LogP contribution in [0.2, 0.25) is 0 Å². The average molecular weight is 188 g/mol. The molecule has 0 aliphatic heterocycles. The van der Waals surface area contributed by atoms with Gasteiger partial charge in [0.15, 0.2) is 0 Å².